The highest BCUT2D eigenvalue weighted by Crippen LogP contribution is 2.28. The van der Waals surface area contributed by atoms with Crippen molar-refractivity contribution < 1.29 is 18.4 Å². The van der Waals surface area contributed by atoms with E-state index >= 15 is 0 Å². The van der Waals surface area contributed by atoms with Gasteiger partial charge in [-0.05, 0) is 38.1 Å². The minimum atomic E-state index is -0.421. The maximum atomic E-state index is 13.2. The Morgan fingerprint density at radius 2 is 2.06 bits per heavy atom. The van der Waals surface area contributed by atoms with Gasteiger partial charge in [-0.25, -0.2) is 0 Å². The summed E-state index contributed by atoms with van der Waals surface area (Å²) in [5.41, 5.74) is 0.639. The second-order valence-corrected chi connectivity index (χ2v) is 8.20. The highest BCUT2D eigenvalue weighted by Gasteiger charge is 2.37. The predicted molar refractivity (Wildman–Crippen MR) is 113 cm³/mol. The average molecular weight is 443 g/mol. The van der Waals surface area contributed by atoms with Crippen molar-refractivity contribution in [3.05, 3.63) is 59.3 Å². The summed E-state index contributed by atoms with van der Waals surface area (Å²) in [6.45, 7) is 4.72. The number of likely N-dealkylation sites (tertiary alicyclic amines) is 1. The predicted octanol–water partition coefficient (Wildman–Crippen LogP) is 3.77. The van der Waals surface area contributed by atoms with E-state index in [-0.39, 0.29) is 30.8 Å². The van der Waals surface area contributed by atoms with E-state index in [4.69, 9.17) is 20.4 Å². The number of hydrogen-bond donors (Lipinski definition) is 0. The minimum Gasteiger partial charge on any atom is -0.467 e. The summed E-state index contributed by atoms with van der Waals surface area (Å²) in [4.78, 5) is 29.0. The summed E-state index contributed by atoms with van der Waals surface area (Å²) in [6.07, 6.45) is 1.75. The number of benzene rings is 1. The molecule has 0 aliphatic carbocycles. The fourth-order valence-corrected chi connectivity index (χ4v) is 3.85. The van der Waals surface area contributed by atoms with E-state index in [1.807, 2.05) is 32.0 Å². The first-order chi connectivity index (χ1) is 14.9. The van der Waals surface area contributed by atoms with E-state index in [1.165, 1.54) is 0 Å². The van der Waals surface area contributed by atoms with Gasteiger partial charge in [0, 0.05) is 19.0 Å². The van der Waals surface area contributed by atoms with E-state index < -0.39 is 5.92 Å². The van der Waals surface area contributed by atoms with E-state index in [9.17, 15) is 9.59 Å². The maximum Gasteiger partial charge on any atom is 0.249 e. The highest BCUT2D eigenvalue weighted by atomic mass is 35.5. The van der Waals surface area contributed by atoms with Gasteiger partial charge in [-0.1, -0.05) is 23.7 Å². The first kappa shape index (κ1) is 21.1. The van der Waals surface area contributed by atoms with Gasteiger partial charge < -0.3 is 18.6 Å². The van der Waals surface area contributed by atoms with Crippen LogP contribution in [-0.2, 0) is 22.7 Å². The lowest BCUT2D eigenvalue weighted by molar-refractivity contribution is -0.138. The molecule has 9 heteroatoms. The smallest absolute Gasteiger partial charge is 0.249 e. The van der Waals surface area contributed by atoms with E-state index in [2.05, 4.69) is 10.2 Å². The lowest BCUT2D eigenvalue weighted by atomic mass is 10.1. The maximum absolute atomic E-state index is 13.2. The minimum absolute atomic E-state index is 0.0581. The zero-order valence-electron chi connectivity index (χ0n) is 17.3. The Morgan fingerprint density at radius 1 is 1.26 bits per heavy atom. The van der Waals surface area contributed by atoms with Gasteiger partial charge in [0.05, 0.1) is 35.9 Å². The molecule has 0 saturated carbocycles. The summed E-state index contributed by atoms with van der Waals surface area (Å²) in [5, 5.41) is 8.67. The molecule has 1 aromatic carbocycles. The molecule has 1 atom stereocenters. The average Bonchev–Trinajstić information content (AvgIpc) is 3.49. The van der Waals surface area contributed by atoms with Gasteiger partial charge in [0.25, 0.3) is 0 Å². The monoisotopic (exact) mass is 442 g/mol. The quantitative estimate of drug-likeness (QED) is 0.553. The highest BCUT2D eigenvalue weighted by molar-refractivity contribution is 6.33. The molecule has 3 aromatic rings. The van der Waals surface area contributed by atoms with Gasteiger partial charge in [0.2, 0.25) is 23.6 Å². The lowest BCUT2D eigenvalue weighted by Gasteiger charge is -2.27. The van der Waals surface area contributed by atoms with Gasteiger partial charge in [-0.2, -0.15) is 0 Å². The van der Waals surface area contributed by atoms with Gasteiger partial charge in [0.1, 0.15) is 5.76 Å². The molecule has 2 aromatic heterocycles. The number of rotatable bonds is 7. The number of nitrogens with zero attached hydrogens (tertiary/aromatic N) is 4. The Balaban J connectivity index is 1.45. The third kappa shape index (κ3) is 4.64. The van der Waals surface area contributed by atoms with Crippen molar-refractivity contribution in [3.63, 3.8) is 0 Å². The fraction of sp³-hybridized carbons (Fsp3) is 0.364. The summed E-state index contributed by atoms with van der Waals surface area (Å²) in [7, 11) is 0. The van der Waals surface area contributed by atoms with Crippen LogP contribution in [0.5, 0.6) is 0 Å². The zero-order chi connectivity index (χ0) is 22.0. The van der Waals surface area contributed by atoms with E-state index in [1.54, 1.807) is 34.3 Å². The van der Waals surface area contributed by atoms with Crippen LogP contribution in [0.1, 0.15) is 31.9 Å². The summed E-state index contributed by atoms with van der Waals surface area (Å²) in [5.74, 6) is 0.724. The van der Waals surface area contributed by atoms with Crippen LogP contribution < -0.4 is 0 Å². The molecule has 8 nitrogen and oxygen atoms in total. The van der Waals surface area contributed by atoms with Crippen molar-refractivity contribution in [1.29, 1.82) is 0 Å². The lowest BCUT2D eigenvalue weighted by Crippen LogP contribution is -2.41. The zero-order valence-corrected chi connectivity index (χ0v) is 18.1. The number of carbonyl (C=O) groups excluding carboxylic acids is 2. The number of aromatic nitrogens is 2. The molecule has 1 fully saturated rings. The van der Waals surface area contributed by atoms with Crippen LogP contribution in [0.15, 0.2) is 51.5 Å². The molecule has 0 spiro atoms. The SMILES string of the molecule is CC(C)N(Cc1nnc(-c2ccccc2Cl)o1)C(=O)C1CC(=O)N(Cc2ccco2)C1. The van der Waals surface area contributed by atoms with Gasteiger partial charge in [-0.3, -0.25) is 9.59 Å². The second-order valence-electron chi connectivity index (χ2n) is 7.80. The molecule has 0 bridgehead atoms. The molecular formula is C22H23ClN4O4. The molecule has 162 valence electrons. The third-order valence-electron chi connectivity index (χ3n) is 5.27. The molecule has 0 radical (unpaired) electrons. The van der Waals surface area contributed by atoms with Crippen LogP contribution in [0.25, 0.3) is 11.5 Å². The Bertz CT molecular complexity index is 1060. The molecule has 1 unspecified atom stereocenters. The van der Waals surface area contributed by atoms with Crippen LogP contribution in [0.2, 0.25) is 5.02 Å². The normalized spacial score (nSPS) is 16.3. The Morgan fingerprint density at radius 3 is 2.77 bits per heavy atom. The molecule has 31 heavy (non-hydrogen) atoms. The van der Waals surface area contributed by atoms with Crippen LogP contribution in [0.3, 0.4) is 0 Å². The Labute approximate surface area is 184 Å². The molecule has 3 heterocycles. The van der Waals surface area contributed by atoms with Crippen LogP contribution in [0, 0.1) is 5.92 Å². The topological polar surface area (TPSA) is 92.7 Å². The number of furan rings is 1. The molecule has 1 aliphatic rings. The summed E-state index contributed by atoms with van der Waals surface area (Å²) >= 11 is 6.20. The Kier molecular flexibility index (Phi) is 6.08. The molecule has 2 amide bonds. The van der Waals surface area contributed by atoms with Crippen LogP contribution in [0.4, 0.5) is 0 Å². The molecular weight excluding hydrogens is 420 g/mol. The molecule has 0 N–H and O–H groups in total. The number of carbonyl (C=O) groups is 2. The van der Waals surface area contributed by atoms with Gasteiger partial charge in [0.15, 0.2) is 0 Å². The second kappa shape index (κ2) is 8.93. The summed E-state index contributed by atoms with van der Waals surface area (Å²) in [6, 6.07) is 10.7. The van der Waals surface area contributed by atoms with Crippen molar-refractivity contribution in [2.75, 3.05) is 6.54 Å². The standard InChI is InChI=1S/C22H23ClN4O4/c1-14(2)27(13-19-24-25-21(31-19)17-7-3-4-8-18(17)23)22(29)15-10-20(28)26(11-15)12-16-6-5-9-30-16/h3-9,14-15H,10-13H2,1-2H3. The van der Waals surface area contributed by atoms with Gasteiger partial charge in [-0.15, -0.1) is 10.2 Å². The van der Waals surface area contributed by atoms with E-state index in [0.717, 1.165) is 0 Å². The van der Waals surface area contributed by atoms with Crippen molar-refractivity contribution in [3.8, 4) is 11.5 Å². The number of amides is 2. The largest absolute Gasteiger partial charge is 0.467 e. The first-order valence-corrected chi connectivity index (χ1v) is 10.5. The van der Waals surface area contributed by atoms with Crippen molar-refractivity contribution >= 4 is 23.4 Å². The first-order valence-electron chi connectivity index (χ1n) is 10.1. The Hall–Kier alpha value is -3.13. The van der Waals surface area contributed by atoms with Crippen molar-refractivity contribution in [1.82, 2.24) is 20.0 Å². The third-order valence-corrected chi connectivity index (χ3v) is 5.60. The van der Waals surface area contributed by atoms with E-state index in [0.29, 0.717) is 41.2 Å². The van der Waals surface area contributed by atoms with Crippen LogP contribution >= 0.6 is 11.6 Å². The molecule has 1 aliphatic heterocycles. The molecule has 4 rings (SSSR count). The van der Waals surface area contributed by atoms with Crippen LogP contribution in [-0.4, -0.2) is 44.4 Å². The van der Waals surface area contributed by atoms with Crippen molar-refractivity contribution in [2.45, 2.75) is 39.4 Å². The van der Waals surface area contributed by atoms with Gasteiger partial charge >= 0.3 is 0 Å². The number of halogens is 1. The molecule has 1 saturated heterocycles. The summed E-state index contributed by atoms with van der Waals surface area (Å²) < 4.78 is 11.1. The van der Waals surface area contributed by atoms with Crippen molar-refractivity contribution in [2.24, 2.45) is 5.92 Å². The fourth-order valence-electron chi connectivity index (χ4n) is 3.64. The number of hydrogen-bond acceptors (Lipinski definition) is 6.